The standard InChI is InChI=1S/Al.Mo.Nb.H4Si.Ta.W.3H/h;;;1H4;;;;;. The van der Waals surface area contributed by atoms with Gasteiger partial charge in [0.2, 0.25) is 0 Å². The van der Waals surface area contributed by atoms with Crippen molar-refractivity contribution in [3.8, 4) is 0 Å². The topological polar surface area (TPSA) is 0 Å². The summed E-state index contributed by atoms with van der Waals surface area (Å²) in [5.41, 5.74) is 0. The molecule has 0 fully saturated rings. The van der Waals surface area contributed by atoms with Gasteiger partial charge in [-0.25, -0.2) is 0 Å². The molecule has 0 bridgehead atoms. The van der Waals surface area contributed by atoms with Gasteiger partial charge in [0, 0.05) is 86.9 Å². The summed E-state index contributed by atoms with van der Waals surface area (Å²) in [6.07, 6.45) is 0. The van der Waals surface area contributed by atoms with Crippen molar-refractivity contribution in [2.24, 2.45) is 0 Å². The van der Waals surface area contributed by atoms with Crippen LogP contribution in [0.2, 0.25) is 0 Å². The van der Waals surface area contributed by atoms with E-state index in [-0.39, 0.29) is 115 Å². The Labute approximate surface area is 113 Å². The van der Waals surface area contributed by atoms with Crippen molar-refractivity contribution in [2.75, 3.05) is 0 Å². The van der Waals surface area contributed by atoms with E-state index in [0.717, 1.165) is 0 Å². The van der Waals surface area contributed by atoms with Crippen LogP contribution in [0.1, 0.15) is 0 Å². The second-order valence-electron chi connectivity index (χ2n) is 0. The summed E-state index contributed by atoms with van der Waals surface area (Å²) in [7, 11) is 0. The fourth-order valence-corrected chi connectivity index (χ4v) is 0. The average Bonchev–Trinajstić information content (AvgIpc) is 0. The quantitative estimate of drug-likeness (QED) is 0.262. The molecule has 36 valence electrons. The van der Waals surface area contributed by atoms with Gasteiger partial charge in [-0.05, 0) is 11.0 Å². The number of rotatable bonds is 0. The van der Waals surface area contributed by atoms with E-state index in [1.54, 1.807) is 0 Å². The van der Waals surface area contributed by atoms with Crippen molar-refractivity contribution in [1.29, 1.82) is 0 Å². The summed E-state index contributed by atoms with van der Waals surface area (Å²) in [4.78, 5) is 0. The van der Waals surface area contributed by atoms with Gasteiger partial charge in [-0.2, -0.15) is 0 Å². The fourth-order valence-electron chi connectivity index (χ4n) is 0. The van der Waals surface area contributed by atoms with Crippen molar-refractivity contribution in [1.82, 2.24) is 0 Å². The van der Waals surface area contributed by atoms with E-state index in [9.17, 15) is 0 Å². The Morgan fingerprint density at radius 1 is 1.00 bits per heavy atom. The van der Waals surface area contributed by atoms with Gasteiger partial charge >= 0.3 is 0 Å². The van der Waals surface area contributed by atoms with Crippen LogP contribution in [0, 0.1) is 0 Å². The monoisotopic (exact) mass is 618 g/mol. The second-order valence-corrected chi connectivity index (χ2v) is 0. The average molecular weight is 616 g/mol. The van der Waals surface area contributed by atoms with Crippen molar-refractivity contribution in [3.63, 3.8) is 0 Å². The molecule has 0 aliphatic carbocycles. The zero-order valence-electron chi connectivity index (χ0n) is 1.71. The van der Waals surface area contributed by atoms with E-state index in [1.807, 2.05) is 0 Å². The van der Waals surface area contributed by atoms with Crippen LogP contribution in [0.15, 0.2) is 0 Å². The number of hydrogen-bond acceptors (Lipinski definition) is 0. The van der Waals surface area contributed by atoms with E-state index in [2.05, 4.69) is 0 Å². The Morgan fingerprint density at radius 3 is 1.00 bits per heavy atom. The van der Waals surface area contributed by atoms with Crippen LogP contribution in [0.4, 0.5) is 0 Å². The van der Waals surface area contributed by atoms with Gasteiger partial charge in [-0.15, -0.1) is 0 Å². The first-order valence-electron chi connectivity index (χ1n) is 0. The Morgan fingerprint density at radius 2 is 1.00 bits per heavy atom. The maximum absolute atomic E-state index is 0. The first kappa shape index (κ1) is 54.7. The van der Waals surface area contributed by atoms with E-state index < -0.39 is 0 Å². The molecule has 0 heterocycles. The summed E-state index contributed by atoms with van der Waals surface area (Å²) in [5, 5.41) is 0. The summed E-state index contributed by atoms with van der Waals surface area (Å²) >= 11 is 0. The zero-order valence-corrected chi connectivity index (χ0v) is 12.1. The third-order valence-corrected chi connectivity index (χ3v) is 0. The SMILES string of the molecule is [AlH3].[Mo].[Nb].[SiH4].[Ta].[W]. The van der Waals surface area contributed by atoms with Crippen molar-refractivity contribution in [3.05, 3.63) is 0 Å². The molecule has 0 aliphatic heterocycles. The predicted molar refractivity (Wildman–Crippen MR) is 21.3 cm³/mol. The fraction of sp³-hybridized carbons (Fsp3) is 0. The molecule has 0 nitrogen and oxygen atoms in total. The molecular formula is H7AlMoNbSiTaW. The minimum atomic E-state index is 0. The van der Waals surface area contributed by atoms with Gasteiger partial charge in [0.15, 0.2) is 17.4 Å². The summed E-state index contributed by atoms with van der Waals surface area (Å²) in [6, 6.07) is 0. The van der Waals surface area contributed by atoms with Gasteiger partial charge in [-0.3, -0.25) is 0 Å². The van der Waals surface area contributed by atoms with E-state index >= 15 is 0 Å². The van der Waals surface area contributed by atoms with Gasteiger partial charge in [-0.1, -0.05) is 0 Å². The van der Waals surface area contributed by atoms with E-state index in [4.69, 9.17) is 0 Å². The van der Waals surface area contributed by atoms with Gasteiger partial charge in [0.1, 0.15) is 0 Å². The summed E-state index contributed by atoms with van der Waals surface area (Å²) < 4.78 is 0. The first-order valence-corrected chi connectivity index (χ1v) is 0. The largest absolute Gasteiger partial charge is 0.187 e. The van der Waals surface area contributed by atoms with Gasteiger partial charge < -0.3 is 0 Å². The van der Waals surface area contributed by atoms with Crippen LogP contribution < -0.4 is 0 Å². The van der Waals surface area contributed by atoms with Crippen molar-refractivity contribution in [2.45, 2.75) is 0 Å². The molecule has 0 aliphatic rings. The molecule has 0 saturated heterocycles. The minimum absolute atomic E-state index is 0. The number of hydrogen-bond donors (Lipinski definition) is 0. The first-order chi connectivity index (χ1) is 0. The van der Waals surface area contributed by atoms with Crippen LogP contribution in [0.3, 0.4) is 0 Å². The molecule has 2 radical (unpaired) electrons. The minimum Gasteiger partial charge on any atom is -0.0149 e. The van der Waals surface area contributed by atoms with Crippen molar-refractivity contribution >= 4 is 28.3 Å². The molecule has 0 N–H and O–H groups in total. The van der Waals surface area contributed by atoms with Crippen molar-refractivity contribution < 1.29 is 86.9 Å². The third-order valence-electron chi connectivity index (χ3n) is 0. The van der Waals surface area contributed by atoms with Crippen LogP contribution in [0.25, 0.3) is 0 Å². The second kappa shape index (κ2) is 38.3. The molecule has 0 spiro atoms. The van der Waals surface area contributed by atoms with Gasteiger partial charge in [0.25, 0.3) is 0 Å². The Hall–Kier alpha value is 3.61. The van der Waals surface area contributed by atoms with Gasteiger partial charge in [0.05, 0.1) is 0 Å². The van der Waals surface area contributed by atoms with Crippen LogP contribution in [-0.4, -0.2) is 28.3 Å². The molecule has 0 aromatic rings. The summed E-state index contributed by atoms with van der Waals surface area (Å²) in [5.74, 6) is 0. The Bertz CT molecular complexity index is 15.5. The third kappa shape index (κ3) is 25.5. The molecule has 0 atom stereocenters. The van der Waals surface area contributed by atoms with E-state index in [0.29, 0.717) is 0 Å². The van der Waals surface area contributed by atoms with Crippen LogP contribution in [0.5, 0.6) is 0 Å². The molecule has 0 rings (SSSR count). The maximum atomic E-state index is 0. The molecule has 6 heavy (non-hydrogen) atoms. The van der Waals surface area contributed by atoms with E-state index in [1.165, 1.54) is 0 Å². The Kier molecular flexibility index (Phi) is 349. The molecule has 0 saturated carbocycles. The van der Waals surface area contributed by atoms with Crippen LogP contribution in [-0.2, 0) is 86.9 Å². The summed E-state index contributed by atoms with van der Waals surface area (Å²) in [6.45, 7) is 0. The Balaban J connectivity index is 0. The molecule has 0 aromatic heterocycles. The zero-order chi connectivity index (χ0) is 0. The molecule has 0 aromatic carbocycles. The maximum Gasteiger partial charge on any atom is 0.187 e. The molecular weight excluding hydrogens is 609 g/mol. The molecule has 6 heteroatoms. The smallest absolute Gasteiger partial charge is 0.0149 e. The molecule has 0 unspecified atom stereocenters. The molecule has 0 amide bonds. The predicted octanol–water partition coefficient (Wildman–Crippen LogP) is -2.65. The van der Waals surface area contributed by atoms with Crippen LogP contribution >= 0.6 is 0 Å². The normalized spacial score (nSPS) is 0.